The van der Waals surface area contributed by atoms with Crippen molar-refractivity contribution in [3.8, 4) is 0 Å². The van der Waals surface area contributed by atoms with Crippen LogP contribution in [0.15, 0.2) is 24.3 Å². The third-order valence-corrected chi connectivity index (χ3v) is 3.75. The Morgan fingerprint density at radius 1 is 1.18 bits per heavy atom. The minimum Gasteiger partial charge on any atom is -0.379 e. The molecule has 0 aromatic heterocycles. The zero-order valence-corrected chi connectivity index (χ0v) is 14.2. The molecule has 1 aromatic carbocycles. The fraction of sp³-hybridized carbons (Fsp3) is 0.562. The number of anilines is 2. The van der Waals surface area contributed by atoms with Crippen LogP contribution in [0.25, 0.3) is 0 Å². The molecule has 1 amide bonds. The van der Waals surface area contributed by atoms with Crippen molar-refractivity contribution in [2.75, 3.05) is 56.2 Å². The van der Waals surface area contributed by atoms with Crippen LogP contribution in [0.2, 0.25) is 0 Å². The van der Waals surface area contributed by atoms with E-state index in [9.17, 15) is 4.79 Å². The van der Waals surface area contributed by atoms with E-state index >= 15 is 0 Å². The van der Waals surface area contributed by atoms with Gasteiger partial charge in [-0.3, -0.25) is 9.69 Å². The van der Waals surface area contributed by atoms with Gasteiger partial charge in [0.25, 0.3) is 0 Å². The Kier molecular flexibility index (Phi) is 8.24. The monoisotopic (exact) mass is 327 g/mol. The third-order valence-electron chi connectivity index (χ3n) is 3.75. The molecule has 6 heteroatoms. The normalized spacial score (nSPS) is 15.0. The maximum absolute atomic E-state index is 12.0. The topological polar surface area (TPSA) is 44.8 Å². The van der Waals surface area contributed by atoms with Crippen molar-refractivity contribution in [3.63, 3.8) is 0 Å². The molecule has 2 rings (SSSR count). The Morgan fingerprint density at radius 3 is 2.32 bits per heavy atom. The van der Waals surface area contributed by atoms with Gasteiger partial charge in [-0.2, -0.15) is 0 Å². The SMILES string of the molecule is CCN(CC)c1ccc(NC(=O)CN2CCOCC2)cc1.Cl. The molecule has 0 spiro atoms. The molecule has 1 fully saturated rings. The highest BCUT2D eigenvalue weighted by molar-refractivity contribution is 5.92. The van der Waals surface area contributed by atoms with E-state index in [1.54, 1.807) is 0 Å². The highest BCUT2D eigenvalue weighted by Gasteiger charge is 2.14. The lowest BCUT2D eigenvalue weighted by Crippen LogP contribution is -2.41. The van der Waals surface area contributed by atoms with Crippen molar-refractivity contribution >= 4 is 29.7 Å². The fourth-order valence-electron chi connectivity index (χ4n) is 2.51. The number of halogens is 1. The van der Waals surface area contributed by atoms with Crippen LogP contribution in [-0.2, 0) is 9.53 Å². The molecule has 0 bridgehead atoms. The number of hydrogen-bond donors (Lipinski definition) is 1. The van der Waals surface area contributed by atoms with Crippen LogP contribution in [0.5, 0.6) is 0 Å². The van der Waals surface area contributed by atoms with Crippen molar-refractivity contribution in [1.82, 2.24) is 4.90 Å². The molecule has 1 aliphatic heterocycles. The standard InChI is InChI=1S/C16H25N3O2.ClH/c1-3-19(4-2)15-7-5-14(6-8-15)17-16(20)13-18-9-11-21-12-10-18;/h5-8H,3-4,9-13H2,1-2H3,(H,17,20);1H. The minimum atomic E-state index is 0. The van der Waals surface area contributed by atoms with E-state index in [4.69, 9.17) is 4.74 Å². The number of benzene rings is 1. The number of carbonyl (C=O) groups is 1. The zero-order valence-electron chi connectivity index (χ0n) is 13.4. The molecule has 0 saturated carbocycles. The van der Waals surface area contributed by atoms with E-state index in [2.05, 4.69) is 41.1 Å². The first-order chi connectivity index (χ1) is 10.2. The Bertz CT molecular complexity index is 443. The quantitative estimate of drug-likeness (QED) is 0.870. The minimum absolute atomic E-state index is 0. The average Bonchev–Trinajstić information content (AvgIpc) is 2.51. The van der Waals surface area contributed by atoms with E-state index in [0.29, 0.717) is 19.8 Å². The summed E-state index contributed by atoms with van der Waals surface area (Å²) in [4.78, 5) is 16.4. The van der Waals surface area contributed by atoms with Gasteiger partial charge in [-0.25, -0.2) is 0 Å². The molecule has 0 unspecified atom stereocenters. The highest BCUT2D eigenvalue weighted by Crippen LogP contribution is 2.17. The molecule has 1 heterocycles. The van der Waals surface area contributed by atoms with E-state index < -0.39 is 0 Å². The molecule has 1 N–H and O–H groups in total. The van der Waals surface area contributed by atoms with Crippen LogP contribution in [-0.4, -0.2) is 56.7 Å². The summed E-state index contributed by atoms with van der Waals surface area (Å²) in [6, 6.07) is 8.03. The van der Waals surface area contributed by atoms with Crippen molar-refractivity contribution in [3.05, 3.63) is 24.3 Å². The van der Waals surface area contributed by atoms with Crippen LogP contribution in [0, 0.1) is 0 Å². The second-order valence-corrected chi connectivity index (χ2v) is 5.16. The predicted molar refractivity (Wildman–Crippen MR) is 93.1 cm³/mol. The van der Waals surface area contributed by atoms with Gasteiger partial charge in [0, 0.05) is 37.6 Å². The fourth-order valence-corrected chi connectivity index (χ4v) is 2.51. The summed E-state index contributed by atoms with van der Waals surface area (Å²) in [6.07, 6.45) is 0. The first-order valence-corrected chi connectivity index (χ1v) is 7.68. The molecule has 0 aliphatic carbocycles. The number of rotatable bonds is 6. The van der Waals surface area contributed by atoms with E-state index in [1.165, 1.54) is 5.69 Å². The van der Waals surface area contributed by atoms with E-state index in [1.807, 2.05) is 12.1 Å². The number of amides is 1. The zero-order chi connectivity index (χ0) is 15.1. The first kappa shape index (κ1) is 18.7. The van der Waals surface area contributed by atoms with Crippen molar-refractivity contribution < 1.29 is 9.53 Å². The van der Waals surface area contributed by atoms with Crippen molar-refractivity contribution in [2.24, 2.45) is 0 Å². The van der Waals surface area contributed by atoms with E-state index in [-0.39, 0.29) is 18.3 Å². The molecule has 1 saturated heterocycles. The molecule has 22 heavy (non-hydrogen) atoms. The largest absolute Gasteiger partial charge is 0.379 e. The third kappa shape index (κ3) is 5.48. The number of nitrogens with one attached hydrogen (secondary N) is 1. The number of ether oxygens (including phenoxy) is 1. The summed E-state index contributed by atoms with van der Waals surface area (Å²) in [5.74, 6) is 0.0347. The van der Waals surface area contributed by atoms with Crippen LogP contribution in [0.4, 0.5) is 11.4 Å². The number of nitrogens with zero attached hydrogens (tertiary/aromatic N) is 2. The Morgan fingerprint density at radius 2 is 1.77 bits per heavy atom. The van der Waals surface area contributed by atoms with Gasteiger partial charge >= 0.3 is 0 Å². The summed E-state index contributed by atoms with van der Waals surface area (Å²) in [5, 5.41) is 2.95. The van der Waals surface area contributed by atoms with E-state index in [0.717, 1.165) is 31.9 Å². The Labute approximate surface area is 139 Å². The summed E-state index contributed by atoms with van der Waals surface area (Å²) in [7, 11) is 0. The number of morpholine rings is 1. The van der Waals surface area contributed by atoms with Gasteiger partial charge in [0.05, 0.1) is 19.8 Å². The predicted octanol–water partition coefficient (Wildman–Crippen LogP) is 2.23. The number of carbonyl (C=O) groups excluding carboxylic acids is 1. The summed E-state index contributed by atoms with van der Waals surface area (Å²) >= 11 is 0. The lowest BCUT2D eigenvalue weighted by molar-refractivity contribution is -0.118. The smallest absolute Gasteiger partial charge is 0.238 e. The first-order valence-electron chi connectivity index (χ1n) is 7.68. The molecule has 1 aliphatic rings. The maximum atomic E-state index is 12.0. The van der Waals surface area contributed by atoms with Gasteiger partial charge in [-0.1, -0.05) is 0 Å². The molecule has 5 nitrogen and oxygen atoms in total. The van der Waals surface area contributed by atoms with Gasteiger partial charge in [-0.15, -0.1) is 12.4 Å². The van der Waals surface area contributed by atoms with Crippen LogP contribution in [0.1, 0.15) is 13.8 Å². The lowest BCUT2D eigenvalue weighted by atomic mass is 10.2. The molecule has 1 aromatic rings. The molecular formula is C16H26ClN3O2. The summed E-state index contributed by atoms with van der Waals surface area (Å²) in [5.41, 5.74) is 2.04. The summed E-state index contributed by atoms with van der Waals surface area (Å²) < 4.78 is 5.28. The van der Waals surface area contributed by atoms with Gasteiger partial charge < -0.3 is 15.0 Å². The maximum Gasteiger partial charge on any atom is 0.238 e. The second-order valence-electron chi connectivity index (χ2n) is 5.16. The van der Waals surface area contributed by atoms with Crippen LogP contribution >= 0.6 is 12.4 Å². The Hall–Kier alpha value is -1.30. The Balaban J connectivity index is 0.00000242. The van der Waals surface area contributed by atoms with Crippen LogP contribution < -0.4 is 10.2 Å². The van der Waals surface area contributed by atoms with Crippen LogP contribution in [0.3, 0.4) is 0 Å². The van der Waals surface area contributed by atoms with Gasteiger partial charge in [0.2, 0.25) is 5.91 Å². The van der Waals surface area contributed by atoms with Gasteiger partial charge in [-0.05, 0) is 38.1 Å². The van der Waals surface area contributed by atoms with Crippen molar-refractivity contribution in [2.45, 2.75) is 13.8 Å². The van der Waals surface area contributed by atoms with Crippen molar-refractivity contribution in [1.29, 1.82) is 0 Å². The molecule has 0 atom stereocenters. The van der Waals surface area contributed by atoms with Gasteiger partial charge in [0.15, 0.2) is 0 Å². The lowest BCUT2D eigenvalue weighted by Gasteiger charge is -2.25. The molecule has 0 radical (unpaired) electrons. The molecule has 124 valence electrons. The average molecular weight is 328 g/mol. The number of hydrogen-bond acceptors (Lipinski definition) is 4. The highest BCUT2D eigenvalue weighted by atomic mass is 35.5. The van der Waals surface area contributed by atoms with Gasteiger partial charge in [0.1, 0.15) is 0 Å². The summed E-state index contributed by atoms with van der Waals surface area (Å²) in [6.45, 7) is 9.77. The molecular weight excluding hydrogens is 302 g/mol. The second kappa shape index (κ2) is 9.66.